The van der Waals surface area contributed by atoms with Gasteiger partial charge < -0.3 is 14.4 Å². The Balaban J connectivity index is 1.77. The summed E-state index contributed by atoms with van der Waals surface area (Å²) >= 11 is 6.08. The number of anilines is 1. The summed E-state index contributed by atoms with van der Waals surface area (Å²) < 4.78 is 37.8. The van der Waals surface area contributed by atoms with E-state index in [2.05, 4.69) is 4.90 Å². The molecule has 2 aromatic carbocycles. The minimum absolute atomic E-state index is 0.150. The lowest BCUT2D eigenvalue weighted by Gasteiger charge is -2.36. The Labute approximate surface area is 158 Å². The average molecular weight is 397 g/mol. The molecular weight excluding hydrogens is 376 g/mol. The van der Waals surface area contributed by atoms with Crippen molar-refractivity contribution in [3.63, 3.8) is 0 Å². The topological polar surface area (TPSA) is 59.1 Å². The number of piperazine rings is 1. The van der Waals surface area contributed by atoms with Crippen molar-refractivity contribution in [2.75, 3.05) is 45.3 Å². The van der Waals surface area contributed by atoms with Crippen LogP contribution in [0.15, 0.2) is 47.4 Å². The molecule has 1 saturated heterocycles. The summed E-state index contributed by atoms with van der Waals surface area (Å²) in [5, 5.41) is 0.242. The second-order valence-corrected chi connectivity index (χ2v) is 8.17. The van der Waals surface area contributed by atoms with E-state index in [1.807, 2.05) is 18.2 Å². The van der Waals surface area contributed by atoms with Crippen LogP contribution in [0.1, 0.15) is 0 Å². The van der Waals surface area contributed by atoms with Gasteiger partial charge in [-0.05, 0) is 24.3 Å². The van der Waals surface area contributed by atoms with Gasteiger partial charge in [-0.15, -0.1) is 0 Å². The van der Waals surface area contributed by atoms with Crippen molar-refractivity contribution in [3.8, 4) is 11.5 Å². The predicted octanol–water partition coefficient (Wildman–Crippen LogP) is 2.87. The van der Waals surface area contributed by atoms with Gasteiger partial charge in [0.15, 0.2) is 0 Å². The number of rotatable bonds is 5. The number of halogens is 1. The van der Waals surface area contributed by atoms with E-state index in [0.29, 0.717) is 37.7 Å². The maximum atomic E-state index is 12.8. The SMILES string of the molecule is COc1ccc(N2CCN(S(=O)(=O)c3ccccc3Cl)CC2)c(OC)c1. The van der Waals surface area contributed by atoms with Gasteiger partial charge in [0.05, 0.1) is 24.9 Å². The Hall–Kier alpha value is -1.96. The first-order chi connectivity index (χ1) is 12.5. The molecule has 3 rings (SSSR count). The van der Waals surface area contributed by atoms with Gasteiger partial charge in [-0.25, -0.2) is 8.42 Å². The van der Waals surface area contributed by atoms with Crippen LogP contribution >= 0.6 is 11.6 Å². The largest absolute Gasteiger partial charge is 0.497 e. The highest BCUT2D eigenvalue weighted by atomic mass is 35.5. The van der Waals surface area contributed by atoms with Gasteiger partial charge in [-0.3, -0.25) is 0 Å². The average Bonchev–Trinajstić information content (AvgIpc) is 2.67. The zero-order valence-corrected chi connectivity index (χ0v) is 16.3. The van der Waals surface area contributed by atoms with Crippen LogP contribution in [0.25, 0.3) is 0 Å². The van der Waals surface area contributed by atoms with Crippen molar-refractivity contribution in [1.29, 1.82) is 0 Å². The molecule has 0 spiro atoms. The van der Waals surface area contributed by atoms with Crippen molar-refractivity contribution in [2.24, 2.45) is 0 Å². The molecule has 6 nitrogen and oxygen atoms in total. The molecule has 1 aliphatic rings. The van der Waals surface area contributed by atoms with E-state index in [9.17, 15) is 8.42 Å². The minimum Gasteiger partial charge on any atom is -0.497 e. The highest BCUT2D eigenvalue weighted by molar-refractivity contribution is 7.89. The van der Waals surface area contributed by atoms with E-state index < -0.39 is 10.0 Å². The number of hydrogen-bond acceptors (Lipinski definition) is 5. The molecule has 0 aromatic heterocycles. The summed E-state index contributed by atoms with van der Waals surface area (Å²) in [5.41, 5.74) is 0.920. The molecule has 0 atom stereocenters. The third-order valence-corrected chi connectivity index (χ3v) is 6.82. The molecule has 8 heteroatoms. The third-order valence-electron chi connectivity index (χ3n) is 4.42. The number of sulfonamides is 1. The lowest BCUT2D eigenvalue weighted by Crippen LogP contribution is -2.48. The van der Waals surface area contributed by atoms with Crippen LogP contribution in [0.2, 0.25) is 5.02 Å². The normalized spacial score (nSPS) is 15.7. The first kappa shape index (κ1) is 18.8. The molecule has 0 unspecified atom stereocenters. The minimum atomic E-state index is -3.60. The van der Waals surface area contributed by atoms with E-state index in [-0.39, 0.29) is 9.92 Å². The molecule has 1 aliphatic heterocycles. The van der Waals surface area contributed by atoms with E-state index in [1.165, 1.54) is 10.4 Å². The molecular formula is C18H21ClN2O4S. The number of methoxy groups -OCH3 is 2. The molecule has 26 heavy (non-hydrogen) atoms. The maximum absolute atomic E-state index is 12.8. The Morgan fingerprint density at radius 1 is 0.962 bits per heavy atom. The maximum Gasteiger partial charge on any atom is 0.244 e. The predicted molar refractivity (Wildman–Crippen MR) is 102 cm³/mol. The first-order valence-electron chi connectivity index (χ1n) is 8.19. The molecule has 2 aromatic rings. The second kappa shape index (κ2) is 7.73. The van der Waals surface area contributed by atoms with E-state index in [4.69, 9.17) is 21.1 Å². The van der Waals surface area contributed by atoms with E-state index >= 15 is 0 Å². The summed E-state index contributed by atoms with van der Waals surface area (Å²) in [6, 6.07) is 12.1. The molecule has 1 heterocycles. The Morgan fingerprint density at radius 2 is 1.65 bits per heavy atom. The van der Waals surface area contributed by atoms with Crippen molar-refractivity contribution < 1.29 is 17.9 Å². The zero-order chi connectivity index (χ0) is 18.7. The van der Waals surface area contributed by atoms with Crippen LogP contribution in [-0.4, -0.2) is 53.1 Å². The molecule has 0 saturated carbocycles. The van der Waals surface area contributed by atoms with Crippen molar-refractivity contribution in [2.45, 2.75) is 4.90 Å². The standard InChI is InChI=1S/C18H21ClN2O4S/c1-24-14-7-8-16(17(13-14)25-2)20-9-11-21(12-10-20)26(22,23)18-6-4-3-5-15(18)19/h3-8,13H,9-12H2,1-2H3. The van der Waals surface area contributed by atoms with Gasteiger partial charge in [0.25, 0.3) is 0 Å². The van der Waals surface area contributed by atoms with Crippen LogP contribution in [0.3, 0.4) is 0 Å². The molecule has 0 N–H and O–H groups in total. The fourth-order valence-corrected chi connectivity index (χ4v) is 4.92. The fraction of sp³-hybridized carbons (Fsp3) is 0.333. The zero-order valence-electron chi connectivity index (χ0n) is 14.7. The molecule has 140 valence electrons. The van der Waals surface area contributed by atoms with E-state index in [1.54, 1.807) is 32.4 Å². The van der Waals surface area contributed by atoms with Crippen LogP contribution in [-0.2, 0) is 10.0 Å². The highest BCUT2D eigenvalue weighted by Crippen LogP contribution is 2.33. The lowest BCUT2D eigenvalue weighted by molar-refractivity contribution is 0.375. The smallest absolute Gasteiger partial charge is 0.244 e. The molecule has 0 aliphatic carbocycles. The highest BCUT2D eigenvalue weighted by Gasteiger charge is 2.30. The lowest BCUT2D eigenvalue weighted by atomic mass is 10.2. The summed E-state index contributed by atoms with van der Waals surface area (Å²) in [6.07, 6.45) is 0. The Morgan fingerprint density at radius 3 is 2.27 bits per heavy atom. The number of ether oxygens (including phenoxy) is 2. The fourth-order valence-electron chi connectivity index (χ4n) is 3.01. The Bertz CT molecular complexity index is 881. The van der Waals surface area contributed by atoms with Crippen LogP contribution in [0, 0.1) is 0 Å². The summed E-state index contributed by atoms with van der Waals surface area (Å²) in [4.78, 5) is 2.26. The molecule has 1 fully saturated rings. The first-order valence-corrected chi connectivity index (χ1v) is 10.0. The summed E-state index contributed by atoms with van der Waals surface area (Å²) in [7, 11) is -0.390. The van der Waals surface area contributed by atoms with E-state index in [0.717, 1.165) is 5.69 Å². The third kappa shape index (κ3) is 3.60. The monoisotopic (exact) mass is 396 g/mol. The van der Waals surface area contributed by atoms with Gasteiger partial charge in [0.1, 0.15) is 16.4 Å². The molecule has 0 radical (unpaired) electrons. The summed E-state index contributed by atoms with van der Waals surface area (Å²) in [5.74, 6) is 1.41. The number of benzene rings is 2. The number of hydrogen-bond donors (Lipinski definition) is 0. The van der Waals surface area contributed by atoms with Gasteiger partial charge >= 0.3 is 0 Å². The van der Waals surface area contributed by atoms with Gasteiger partial charge in [-0.1, -0.05) is 23.7 Å². The van der Waals surface area contributed by atoms with Gasteiger partial charge in [0.2, 0.25) is 10.0 Å². The van der Waals surface area contributed by atoms with Crippen LogP contribution in [0.5, 0.6) is 11.5 Å². The van der Waals surface area contributed by atoms with Crippen molar-refractivity contribution in [3.05, 3.63) is 47.5 Å². The van der Waals surface area contributed by atoms with Gasteiger partial charge in [-0.2, -0.15) is 4.31 Å². The molecule has 0 bridgehead atoms. The second-order valence-electron chi connectivity index (χ2n) is 5.86. The quantitative estimate of drug-likeness (QED) is 0.777. The summed E-state index contributed by atoms with van der Waals surface area (Å²) in [6.45, 7) is 1.88. The van der Waals surface area contributed by atoms with Gasteiger partial charge in [0, 0.05) is 32.2 Å². The van der Waals surface area contributed by atoms with Crippen LogP contribution < -0.4 is 14.4 Å². The van der Waals surface area contributed by atoms with Crippen LogP contribution in [0.4, 0.5) is 5.69 Å². The van der Waals surface area contributed by atoms with Crippen molar-refractivity contribution in [1.82, 2.24) is 4.31 Å². The Kier molecular flexibility index (Phi) is 5.60. The number of nitrogens with zero attached hydrogens (tertiary/aromatic N) is 2. The van der Waals surface area contributed by atoms with Crippen molar-refractivity contribution >= 4 is 27.3 Å². The molecule has 0 amide bonds.